The number of aryl methyl sites for hydroxylation is 1. The normalized spacial score (nSPS) is 22.8. The number of carbonyl (C=O) groups is 2. The number of nitrogens with zero attached hydrogens (tertiary/aromatic N) is 2. The van der Waals surface area contributed by atoms with Crippen molar-refractivity contribution >= 4 is 34.3 Å². The molecule has 1 fully saturated rings. The molecule has 0 saturated heterocycles. The first kappa shape index (κ1) is 17.5. The molecule has 1 aromatic rings. The van der Waals surface area contributed by atoms with E-state index < -0.39 is 17.1 Å². The number of hydrogen-bond donors (Lipinski definition) is 1. The first-order valence-electron chi connectivity index (χ1n) is 7.94. The maximum atomic E-state index is 12.4. The number of hydrogen-bond acceptors (Lipinski definition) is 5. The fourth-order valence-corrected chi connectivity index (χ4v) is 4.65. The first-order chi connectivity index (χ1) is 11.3. The molecule has 2 aliphatic rings. The lowest BCUT2D eigenvalue weighted by atomic mass is 9.82. The van der Waals surface area contributed by atoms with Crippen LogP contribution >= 0.6 is 11.6 Å². The van der Waals surface area contributed by atoms with E-state index in [9.17, 15) is 19.2 Å². The van der Waals surface area contributed by atoms with Crippen LogP contribution in [0.2, 0.25) is 5.15 Å². The van der Waals surface area contributed by atoms with Crippen LogP contribution in [0.25, 0.3) is 0 Å². The smallest absolute Gasteiger partial charge is 0.247 e. The molecule has 24 heavy (non-hydrogen) atoms. The zero-order valence-electron chi connectivity index (χ0n) is 13.5. The van der Waals surface area contributed by atoms with Crippen LogP contribution < -0.4 is 0 Å². The molecule has 130 valence electrons. The Kier molecular flexibility index (Phi) is 4.77. The van der Waals surface area contributed by atoms with Crippen LogP contribution in [-0.2, 0) is 27.3 Å². The van der Waals surface area contributed by atoms with Crippen molar-refractivity contribution in [2.45, 2.75) is 50.1 Å². The predicted octanol–water partition coefficient (Wildman–Crippen LogP) is 2.53. The van der Waals surface area contributed by atoms with Crippen molar-refractivity contribution in [3.8, 4) is 0 Å². The monoisotopic (exact) mass is 370 g/mol. The van der Waals surface area contributed by atoms with Gasteiger partial charge in [-0.2, -0.15) is 5.10 Å². The van der Waals surface area contributed by atoms with Crippen molar-refractivity contribution in [1.82, 2.24) is 9.78 Å². The van der Waals surface area contributed by atoms with Crippen LogP contribution in [0.3, 0.4) is 0 Å². The van der Waals surface area contributed by atoms with Crippen LogP contribution in [0.15, 0.2) is 16.4 Å². The molecule has 8 heteroatoms. The Hall–Kier alpha value is -1.31. The standard InChI is InChI=1S/C16H19ClN2O4S/c1-3-19-16(24(2)23)12(15(17)18-19)9-6-10(20)13(11(21)7-9)14(22)8-4-5-8/h8-9,20H,3-7H2,1-2H3. The number of aromatic nitrogens is 2. The zero-order chi connectivity index (χ0) is 17.6. The number of Topliss-reactive ketones (excluding diaryl/α,β-unsaturated/α-hetero) is 2. The van der Waals surface area contributed by atoms with Gasteiger partial charge in [-0.25, -0.2) is 4.68 Å². The van der Waals surface area contributed by atoms with Gasteiger partial charge in [0.05, 0.1) is 11.1 Å². The number of ketones is 2. The van der Waals surface area contributed by atoms with Crippen LogP contribution in [0.4, 0.5) is 0 Å². The summed E-state index contributed by atoms with van der Waals surface area (Å²) in [5.74, 6) is -1.33. The molecule has 1 saturated carbocycles. The van der Waals surface area contributed by atoms with E-state index in [1.165, 1.54) is 6.26 Å². The maximum absolute atomic E-state index is 12.4. The molecule has 0 amide bonds. The largest absolute Gasteiger partial charge is 0.610 e. The van der Waals surface area contributed by atoms with Gasteiger partial charge < -0.3 is 9.66 Å². The molecule has 2 aliphatic carbocycles. The Morgan fingerprint density at radius 1 is 1.46 bits per heavy atom. The van der Waals surface area contributed by atoms with Crippen molar-refractivity contribution in [1.29, 1.82) is 0 Å². The molecule has 6 nitrogen and oxygen atoms in total. The van der Waals surface area contributed by atoms with E-state index in [1.807, 2.05) is 6.92 Å². The summed E-state index contributed by atoms with van der Waals surface area (Å²) in [6.45, 7) is 2.36. The quantitative estimate of drug-likeness (QED) is 0.634. The number of allylic oxidation sites excluding steroid dienone is 2. The van der Waals surface area contributed by atoms with Crippen LogP contribution in [0.1, 0.15) is 44.1 Å². The maximum Gasteiger partial charge on any atom is 0.247 e. The molecule has 1 N–H and O–H groups in total. The second kappa shape index (κ2) is 6.54. The van der Waals surface area contributed by atoms with Gasteiger partial charge in [-0.1, -0.05) is 11.6 Å². The van der Waals surface area contributed by atoms with Crippen LogP contribution in [-0.4, -0.2) is 37.3 Å². The van der Waals surface area contributed by atoms with E-state index in [0.717, 1.165) is 12.8 Å². The van der Waals surface area contributed by atoms with E-state index in [4.69, 9.17) is 11.6 Å². The van der Waals surface area contributed by atoms with Crippen molar-refractivity contribution in [3.63, 3.8) is 0 Å². The molecule has 0 aliphatic heterocycles. The minimum atomic E-state index is -1.33. The van der Waals surface area contributed by atoms with E-state index >= 15 is 0 Å². The topological polar surface area (TPSA) is 95.2 Å². The van der Waals surface area contributed by atoms with Gasteiger partial charge in [0.1, 0.15) is 12.0 Å². The van der Waals surface area contributed by atoms with Gasteiger partial charge >= 0.3 is 0 Å². The average molecular weight is 371 g/mol. The third-order valence-corrected chi connectivity index (χ3v) is 5.76. The summed E-state index contributed by atoms with van der Waals surface area (Å²) < 4.78 is 13.7. The number of carbonyl (C=O) groups excluding carboxylic acids is 2. The van der Waals surface area contributed by atoms with Crippen molar-refractivity contribution in [3.05, 3.63) is 22.0 Å². The van der Waals surface area contributed by atoms with E-state index in [-0.39, 0.29) is 46.8 Å². The highest BCUT2D eigenvalue weighted by atomic mass is 35.5. The molecular formula is C16H19ClN2O4S. The summed E-state index contributed by atoms with van der Waals surface area (Å²) in [5.41, 5.74) is 0.490. The lowest BCUT2D eigenvalue weighted by molar-refractivity contribution is -0.123. The van der Waals surface area contributed by atoms with Gasteiger partial charge in [0.25, 0.3) is 0 Å². The molecule has 0 radical (unpaired) electrons. The summed E-state index contributed by atoms with van der Waals surface area (Å²) in [6.07, 6.45) is 3.29. The third-order valence-electron chi connectivity index (χ3n) is 4.51. The molecule has 3 rings (SSSR count). The SMILES string of the molecule is CCn1nc(Cl)c(C2CC(=O)C(C(=O)C3CC3)=C(O)C2)c1[S+](C)[O-]. The molecule has 1 aromatic heterocycles. The molecule has 2 atom stereocenters. The number of aliphatic hydroxyl groups is 1. The number of halogens is 1. The highest BCUT2D eigenvalue weighted by Crippen LogP contribution is 2.42. The second-order valence-electron chi connectivity index (χ2n) is 6.27. The van der Waals surface area contributed by atoms with Crippen molar-refractivity contribution < 1.29 is 19.2 Å². The Morgan fingerprint density at radius 2 is 2.12 bits per heavy atom. The minimum Gasteiger partial charge on any atom is -0.610 e. The Balaban J connectivity index is 1.97. The summed E-state index contributed by atoms with van der Waals surface area (Å²) in [5, 5.41) is 15.2. The van der Waals surface area contributed by atoms with Gasteiger partial charge in [0.2, 0.25) is 5.03 Å². The highest BCUT2D eigenvalue weighted by Gasteiger charge is 2.41. The summed E-state index contributed by atoms with van der Waals surface area (Å²) in [6, 6.07) is 0. The highest BCUT2D eigenvalue weighted by molar-refractivity contribution is 7.90. The van der Waals surface area contributed by atoms with E-state index in [1.54, 1.807) is 4.68 Å². The van der Waals surface area contributed by atoms with Crippen LogP contribution in [0, 0.1) is 5.92 Å². The summed E-state index contributed by atoms with van der Waals surface area (Å²) in [7, 11) is 0. The lowest BCUT2D eigenvalue weighted by Crippen LogP contribution is -2.25. The van der Waals surface area contributed by atoms with E-state index in [2.05, 4.69) is 5.10 Å². The van der Waals surface area contributed by atoms with Gasteiger partial charge in [-0.15, -0.1) is 0 Å². The fraction of sp³-hybridized carbons (Fsp3) is 0.562. The van der Waals surface area contributed by atoms with Gasteiger partial charge in [-0.05, 0) is 19.8 Å². The lowest BCUT2D eigenvalue weighted by Gasteiger charge is -2.23. The van der Waals surface area contributed by atoms with Gasteiger partial charge in [-0.3, -0.25) is 9.59 Å². The number of aliphatic hydroxyl groups excluding tert-OH is 1. The van der Waals surface area contributed by atoms with E-state index in [0.29, 0.717) is 17.1 Å². The van der Waals surface area contributed by atoms with Gasteiger partial charge in [0, 0.05) is 42.4 Å². The third kappa shape index (κ3) is 3.00. The van der Waals surface area contributed by atoms with Crippen molar-refractivity contribution in [2.75, 3.05) is 6.26 Å². The zero-order valence-corrected chi connectivity index (χ0v) is 15.1. The molecule has 0 spiro atoms. The van der Waals surface area contributed by atoms with Crippen LogP contribution in [0.5, 0.6) is 0 Å². The van der Waals surface area contributed by atoms with Gasteiger partial charge in [0.15, 0.2) is 16.7 Å². The summed E-state index contributed by atoms with van der Waals surface area (Å²) in [4.78, 5) is 24.6. The number of rotatable bonds is 5. The first-order valence-corrected chi connectivity index (χ1v) is 9.87. The molecular weight excluding hydrogens is 352 g/mol. The second-order valence-corrected chi connectivity index (χ2v) is 7.92. The minimum absolute atomic E-state index is 0.0491. The molecule has 2 unspecified atom stereocenters. The fourth-order valence-electron chi connectivity index (χ4n) is 3.22. The molecule has 1 heterocycles. The molecule has 0 bridgehead atoms. The Labute approximate surface area is 148 Å². The Morgan fingerprint density at radius 3 is 2.62 bits per heavy atom. The molecule has 0 aromatic carbocycles. The summed E-state index contributed by atoms with van der Waals surface area (Å²) >= 11 is 4.89. The van der Waals surface area contributed by atoms with Crippen molar-refractivity contribution in [2.24, 2.45) is 5.92 Å². The predicted molar refractivity (Wildman–Crippen MR) is 89.6 cm³/mol. The average Bonchev–Trinajstić information content (AvgIpc) is 3.29. The Bertz CT molecular complexity index is 737.